The van der Waals surface area contributed by atoms with Crippen molar-refractivity contribution in [3.05, 3.63) is 100 Å². The van der Waals surface area contributed by atoms with E-state index in [0.29, 0.717) is 31.2 Å². The van der Waals surface area contributed by atoms with Crippen LogP contribution in [0.25, 0.3) is 6.08 Å². The maximum Gasteiger partial charge on any atom is 0.293 e. The third kappa shape index (κ3) is 6.23. The van der Waals surface area contributed by atoms with Crippen LogP contribution in [0.5, 0.6) is 5.75 Å². The Morgan fingerprint density at radius 3 is 1.91 bits per heavy atom. The molecule has 0 bridgehead atoms. The summed E-state index contributed by atoms with van der Waals surface area (Å²) in [5.41, 5.74) is 2.01. The minimum Gasteiger partial charge on any atom is -0.486 e. The molecule has 180 valence electrons. The van der Waals surface area contributed by atoms with Crippen LogP contribution in [0.4, 0.5) is 4.79 Å². The topological polar surface area (TPSA) is 46.6 Å². The maximum absolute atomic E-state index is 12.9. The molecule has 35 heavy (non-hydrogen) atoms. The van der Waals surface area contributed by atoms with Gasteiger partial charge in [-0.05, 0) is 70.9 Å². The van der Waals surface area contributed by atoms with E-state index in [1.807, 2.05) is 0 Å². The lowest BCUT2D eigenvalue weighted by atomic mass is 10.2. The fraction of sp³-hybridized carbons (Fsp3) is 0.0833. The van der Waals surface area contributed by atoms with Gasteiger partial charge in [0.15, 0.2) is 5.75 Å². The molecule has 0 aromatic heterocycles. The van der Waals surface area contributed by atoms with Crippen molar-refractivity contribution in [2.75, 3.05) is 0 Å². The fourth-order valence-corrected chi connectivity index (χ4v) is 5.29. The number of hydrogen-bond acceptors (Lipinski definition) is 4. The van der Waals surface area contributed by atoms with Gasteiger partial charge in [0.1, 0.15) is 6.61 Å². The highest BCUT2D eigenvalue weighted by atomic mass is 35.5. The molecule has 1 aliphatic rings. The molecule has 11 heteroatoms. The van der Waals surface area contributed by atoms with Gasteiger partial charge in [-0.3, -0.25) is 14.5 Å². The van der Waals surface area contributed by atoms with Crippen LogP contribution >= 0.6 is 81.4 Å². The van der Waals surface area contributed by atoms with E-state index in [1.165, 1.54) is 0 Å². The minimum atomic E-state index is -0.432. The van der Waals surface area contributed by atoms with Crippen molar-refractivity contribution in [1.82, 2.24) is 4.90 Å². The Bertz CT molecular complexity index is 1350. The smallest absolute Gasteiger partial charge is 0.293 e. The van der Waals surface area contributed by atoms with Crippen molar-refractivity contribution in [1.29, 1.82) is 0 Å². The Hall–Kier alpha value is -1.57. The molecular weight excluding hydrogens is 595 g/mol. The van der Waals surface area contributed by atoms with Gasteiger partial charge in [0.05, 0.1) is 41.6 Å². The Balaban J connectivity index is 1.49. The molecule has 2 amide bonds. The summed E-state index contributed by atoms with van der Waals surface area (Å²) in [5, 5.41) is 1.69. The van der Waals surface area contributed by atoms with Gasteiger partial charge in [0.25, 0.3) is 11.1 Å². The normalized spacial score (nSPS) is 14.8. The number of imide groups is 1. The average Bonchev–Trinajstić information content (AvgIpc) is 3.05. The molecule has 4 nitrogen and oxygen atoms in total. The molecule has 1 saturated heterocycles. The van der Waals surface area contributed by atoms with Gasteiger partial charge in [-0.15, -0.1) is 0 Å². The van der Waals surface area contributed by atoms with Gasteiger partial charge in [-0.2, -0.15) is 0 Å². The van der Waals surface area contributed by atoms with Crippen LogP contribution in [0.15, 0.2) is 53.4 Å². The Morgan fingerprint density at radius 1 is 0.743 bits per heavy atom. The molecule has 0 atom stereocenters. The first-order valence-corrected chi connectivity index (χ1v) is 13.0. The zero-order valence-electron chi connectivity index (χ0n) is 17.5. The molecule has 0 aliphatic carbocycles. The molecule has 0 unspecified atom stereocenters. The summed E-state index contributed by atoms with van der Waals surface area (Å²) >= 11 is 37.6. The second-order valence-electron chi connectivity index (χ2n) is 7.37. The number of hydrogen-bond donors (Lipinski definition) is 0. The number of carbonyl (C=O) groups is 2. The number of carbonyl (C=O) groups excluding carboxylic acids is 2. The first-order valence-electron chi connectivity index (χ1n) is 9.87. The van der Waals surface area contributed by atoms with E-state index >= 15 is 0 Å². The summed E-state index contributed by atoms with van der Waals surface area (Å²) < 4.78 is 5.77. The van der Waals surface area contributed by atoms with Crippen LogP contribution < -0.4 is 4.74 Å². The molecule has 1 fully saturated rings. The molecule has 0 spiro atoms. The zero-order valence-corrected chi connectivity index (χ0v) is 22.8. The predicted molar refractivity (Wildman–Crippen MR) is 145 cm³/mol. The first kappa shape index (κ1) is 26.5. The molecule has 0 N–H and O–H groups in total. The monoisotopic (exact) mass is 605 g/mol. The van der Waals surface area contributed by atoms with Gasteiger partial charge in [-0.25, -0.2) is 0 Å². The molecule has 3 aromatic rings. The van der Waals surface area contributed by atoms with Crippen LogP contribution in [0.2, 0.25) is 30.1 Å². The SMILES string of the molecule is O=C1S/C(=C\c2cc(Cl)c(OCc3ccc(Cl)c(Cl)c3)c(Cl)c2)C(=O)N1Cc1ccc(Cl)c(Cl)c1. The number of thioether (sulfide) groups is 1. The second kappa shape index (κ2) is 11.2. The summed E-state index contributed by atoms with van der Waals surface area (Å²) in [6.07, 6.45) is 1.56. The lowest BCUT2D eigenvalue weighted by molar-refractivity contribution is -0.123. The van der Waals surface area contributed by atoms with Crippen LogP contribution in [0.1, 0.15) is 16.7 Å². The number of ether oxygens (including phenoxy) is 1. The van der Waals surface area contributed by atoms with E-state index in [4.69, 9.17) is 74.3 Å². The van der Waals surface area contributed by atoms with E-state index in [1.54, 1.807) is 54.6 Å². The molecular formula is C24H13Cl6NO3S. The van der Waals surface area contributed by atoms with E-state index in [0.717, 1.165) is 22.2 Å². The van der Waals surface area contributed by atoms with Gasteiger partial charge in [0.2, 0.25) is 0 Å². The second-order valence-corrected chi connectivity index (χ2v) is 10.8. The zero-order chi connectivity index (χ0) is 25.3. The molecule has 0 radical (unpaired) electrons. The van der Waals surface area contributed by atoms with Crippen molar-refractivity contribution >= 4 is 98.6 Å². The van der Waals surface area contributed by atoms with Crippen molar-refractivity contribution < 1.29 is 14.3 Å². The van der Waals surface area contributed by atoms with Crippen LogP contribution in [0, 0.1) is 0 Å². The maximum atomic E-state index is 12.9. The fourth-order valence-electron chi connectivity index (χ4n) is 3.19. The summed E-state index contributed by atoms with van der Waals surface area (Å²) in [5.74, 6) is -0.150. The van der Waals surface area contributed by atoms with Crippen molar-refractivity contribution in [3.63, 3.8) is 0 Å². The number of halogens is 6. The largest absolute Gasteiger partial charge is 0.486 e. The summed E-state index contributed by atoms with van der Waals surface area (Å²) in [4.78, 5) is 26.7. The van der Waals surface area contributed by atoms with Gasteiger partial charge < -0.3 is 4.74 Å². The minimum absolute atomic E-state index is 0.0713. The number of benzene rings is 3. The molecule has 3 aromatic carbocycles. The van der Waals surface area contributed by atoms with Crippen molar-refractivity contribution in [2.24, 2.45) is 0 Å². The predicted octanol–water partition coefficient (Wildman–Crippen LogP) is 9.42. The van der Waals surface area contributed by atoms with Gasteiger partial charge >= 0.3 is 0 Å². The van der Waals surface area contributed by atoms with Crippen molar-refractivity contribution in [2.45, 2.75) is 13.2 Å². The van der Waals surface area contributed by atoms with E-state index in [9.17, 15) is 9.59 Å². The van der Waals surface area contributed by atoms with E-state index < -0.39 is 11.1 Å². The lowest BCUT2D eigenvalue weighted by Gasteiger charge is -2.13. The van der Waals surface area contributed by atoms with E-state index in [-0.39, 0.29) is 33.9 Å². The molecule has 1 aliphatic heterocycles. The Morgan fingerprint density at radius 2 is 1.31 bits per heavy atom. The first-order chi connectivity index (χ1) is 16.6. The van der Waals surface area contributed by atoms with Crippen LogP contribution in [0.3, 0.4) is 0 Å². The Labute approximate surface area is 235 Å². The Kier molecular flexibility index (Phi) is 8.49. The number of amides is 2. The highest BCUT2D eigenvalue weighted by Gasteiger charge is 2.35. The van der Waals surface area contributed by atoms with Crippen molar-refractivity contribution in [3.8, 4) is 5.75 Å². The number of rotatable bonds is 6. The summed E-state index contributed by atoms with van der Waals surface area (Å²) in [6.45, 7) is 0.241. The standard InChI is InChI=1S/C24H13Cl6NO3S/c25-15-3-1-12(5-17(15)27)10-31-23(32)21(35-24(31)33)9-14-7-19(29)22(20(30)8-14)34-11-13-2-4-16(26)18(28)6-13/h1-9H,10-11H2/b21-9-. The quantitative estimate of drug-likeness (QED) is 0.262. The number of nitrogens with zero attached hydrogens (tertiary/aromatic N) is 1. The van der Waals surface area contributed by atoms with Crippen LogP contribution in [-0.4, -0.2) is 16.0 Å². The lowest BCUT2D eigenvalue weighted by Crippen LogP contribution is -2.27. The summed E-state index contributed by atoms with van der Waals surface area (Å²) in [7, 11) is 0. The highest BCUT2D eigenvalue weighted by molar-refractivity contribution is 8.18. The third-order valence-corrected chi connectivity index (χ3v) is 7.83. The third-order valence-electron chi connectivity index (χ3n) is 4.88. The molecule has 0 saturated carbocycles. The summed E-state index contributed by atoms with van der Waals surface area (Å²) in [6, 6.07) is 13.3. The molecule has 4 rings (SSSR count). The van der Waals surface area contributed by atoms with Gasteiger partial charge in [-0.1, -0.05) is 81.7 Å². The van der Waals surface area contributed by atoms with Gasteiger partial charge in [0, 0.05) is 0 Å². The highest BCUT2D eigenvalue weighted by Crippen LogP contribution is 2.38. The average molecular weight is 608 g/mol. The van der Waals surface area contributed by atoms with E-state index in [2.05, 4.69) is 0 Å². The van der Waals surface area contributed by atoms with Crippen LogP contribution in [-0.2, 0) is 17.9 Å². The molecule has 1 heterocycles.